The molecule has 0 bridgehead atoms. The first-order valence-electron chi connectivity index (χ1n) is 14.2. The number of ketones is 1. The number of amides is 2. The Morgan fingerprint density at radius 2 is 1.80 bits per heavy atom. The summed E-state index contributed by atoms with van der Waals surface area (Å²) in [6.07, 6.45) is 4.02. The SMILES string of the molecule is Cc1cccc(C(=O)/C(C#N)=C(\Nc2ccc3oc(C)cc3c2)N[C@H]2CCCCN(CC(=O)N3CCCC3)C2=O)c1. The molecule has 0 unspecified atom stereocenters. The molecule has 2 fully saturated rings. The van der Waals surface area contributed by atoms with E-state index < -0.39 is 11.8 Å². The predicted molar refractivity (Wildman–Crippen MR) is 156 cm³/mol. The van der Waals surface area contributed by atoms with E-state index in [0.717, 1.165) is 61.1 Å². The van der Waals surface area contributed by atoms with Gasteiger partial charge in [-0.25, -0.2) is 0 Å². The third-order valence-corrected chi connectivity index (χ3v) is 7.66. The number of nitrogens with one attached hydrogen (secondary N) is 2. The number of carbonyl (C=O) groups is 3. The molecule has 0 saturated carbocycles. The number of furan rings is 1. The van der Waals surface area contributed by atoms with Crippen molar-refractivity contribution in [3.05, 3.63) is 76.8 Å². The third kappa shape index (κ3) is 6.43. The van der Waals surface area contributed by atoms with E-state index in [9.17, 15) is 19.6 Å². The number of nitriles is 1. The van der Waals surface area contributed by atoms with Crippen LogP contribution in [0.25, 0.3) is 11.0 Å². The molecule has 41 heavy (non-hydrogen) atoms. The molecule has 5 rings (SSSR count). The van der Waals surface area contributed by atoms with Gasteiger partial charge in [-0.1, -0.05) is 23.8 Å². The second-order valence-corrected chi connectivity index (χ2v) is 10.8. The molecule has 9 heteroatoms. The van der Waals surface area contributed by atoms with Crippen LogP contribution in [0.5, 0.6) is 0 Å². The lowest BCUT2D eigenvalue weighted by Gasteiger charge is -2.28. The van der Waals surface area contributed by atoms with Crippen LogP contribution in [0.2, 0.25) is 0 Å². The summed E-state index contributed by atoms with van der Waals surface area (Å²) >= 11 is 0. The molecule has 2 aromatic carbocycles. The molecule has 1 aromatic heterocycles. The number of anilines is 1. The third-order valence-electron chi connectivity index (χ3n) is 7.66. The predicted octanol–water partition coefficient (Wildman–Crippen LogP) is 4.67. The molecule has 0 spiro atoms. The number of nitrogens with zero attached hydrogens (tertiary/aromatic N) is 3. The zero-order chi connectivity index (χ0) is 28.9. The first-order valence-corrected chi connectivity index (χ1v) is 14.2. The maximum absolute atomic E-state index is 13.7. The minimum atomic E-state index is -0.708. The second-order valence-electron chi connectivity index (χ2n) is 10.8. The number of carbonyl (C=O) groups excluding carboxylic acids is 3. The number of likely N-dealkylation sites (tertiary alicyclic amines) is 2. The molecule has 0 aliphatic carbocycles. The Morgan fingerprint density at radius 1 is 1.02 bits per heavy atom. The molecule has 3 aromatic rings. The summed E-state index contributed by atoms with van der Waals surface area (Å²) in [5.74, 6) is 0.223. The number of aryl methyl sites for hydroxylation is 2. The molecule has 9 nitrogen and oxygen atoms in total. The highest BCUT2D eigenvalue weighted by atomic mass is 16.3. The number of fused-ring (bicyclic) bond motifs is 1. The molecule has 2 saturated heterocycles. The molecule has 1 atom stereocenters. The second kappa shape index (κ2) is 12.3. The average molecular weight is 554 g/mol. The lowest BCUT2D eigenvalue weighted by Crippen LogP contribution is -2.49. The normalized spacial score (nSPS) is 18.1. The smallest absolute Gasteiger partial charge is 0.245 e. The highest BCUT2D eigenvalue weighted by Gasteiger charge is 2.32. The van der Waals surface area contributed by atoms with Gasteiger partial charge in [-0.2, -0.15) is 5.26 Å². The van der Waals surface area contributed by atoms with Crippen molar-refractivity contribution in [2.24, 2.45) is 0 Å². The van der Waals surface area contributed by atoms with Gasteiger partial charge in [-0.15, -0.1) is 0 Å². The van der Waals surface area contributed by atoms with Crippen molar-refractivity contribution >= 4 is 34.3 Å². The Labute approximate surface area is 239 Å². The van der Waals surface area contributed by atoms with Crippen molar-refractivity contribution in [1.82, 2.24) is 15.1 Å². The van der Waals surface area contributed by atoms with Gasteiger partial charge in [-0.05, 0) is 76.3 Å². The van der Waals surface area contributed by atoms with E-state index in [1.165, 1.54) is 0 Å². The number of Topliss-reactive ketones (excluding diaryl/α,β-unsaturated/α-hetero) is 1. The fraction of sp³-hybridized carbons (Fsp3) is 0.375. The zero-order valence-corrected chi connectivity index (χ0v) is 23.5. The van der Waals surface area contributed by atoms with E-state index in [-0.39, 0.29) is 29.8 Å². The monoisotopic (exact) mass is 553 g/mol. The van der Waals surface area contributed by atoms with E-state index in [4.69, 9.17) is 4.42 Å². The van der Waals surface area contributed by atoms with Crippen molar-refractivity contribution < 1.29 is 18.8 Å². The Kier molecular flexibility index (Phi) is 8.39. The maximum Gasteiger partial charge on any atom is 0.245 e. The highest BCUT2D eigenvalue weighted by molar-refractivity contribution is 6.12. The largest absolute Gasteiger partial charge is 0.461 e. The van der Waals surface area contributed by atoms with Crippen molar-refractivity contribution in [1.29, 1.82) is 5.26 Å². The van der Waals surface area contributed by atoms with Crippen LogP contribution in [-0.4, -0.2) is 59.6 Å². The molecule has 3 heterocycles. The van der Waals surface area contributed by atoms with Crippen molar-refractivity contribution in [3.8, 4) is 6.07 Å². The van der Waals surface area contributed by atoms with Gasteiger partial charge in [0.2, 0.25) is 17.6 Å². The highest BCUT2D eigenvalue weighted by Crippen LogP contribution is 2.25. The fourth-order valence-electron chi connectivity index (χ4n) is 5.52. The summed E-state index contributed by atoms with van der Waals surface area (Å²) in [5, 5.41) is 17.5. The van der Waals surface area contributed by atoms with E-state index >= 15 is 0 Å². The lowest BCUT2D eigenvalue weighted by atomic mass is 10.0. The molecule has 2 aliphatic heterocycles. The Balaban J connectivity index is 1.47. The zero-order valence-electron chi connectivity index (χ0n) is 23.5. The number of benzene rings is 2. The number of hydrogen-bond acceptors (Lipinski definition) is 7. The molecule has 2 aliphatic rings. The van der Waals surface area contributed by atoms with Gasteiger partial charge in [-0.3, -0.25) is 14.4 Å². The fourth-order valence-corrected chi connectivity index (χ4v) is 5.52. The van der Waals surface area contributed by atoms with Crippen LogP contribution >= 0.6 is 0 Å². The van der Waals surface area contributed by atoms with Gasteiger partial charge in [0.1, 0.15) is 34.8 Å². The first-order chi connectivity index (χ1) is 19.8. The minimum absolute atomic E-state index is 0.0350. The van der Waals surface area contributed by atoms with E-state index in [1.54, 1.807) is 29.2 Å². The number of rotatable bonds is 8. The Bertz CT molecular complexity index is 1540. The quantitative estimate of drug-likeness (QED) is 0.236. The first kappa shape index (κ1) is 28.0. The standard InChI is InChI=1S/C32H35N5O4/c1-21-8-7-9-23(16-21)30(39)26(19-33)31(34-25-11-12-28-24(18-25)17-22(2)41-28)35-27-10-3-4-15-37(32(27)40)20-29(38)36-13-5-6-14-36/h7-9,11-12,16-18,27,34-35H,3-6,10,13-15,20H2,1-2H3/b31-26+/t27-/m0/s1. The summed E-state index contributed by atoms with van der Waals surface area (Å²) < 4.78 is 5.69. The summed E-state index contributed by atoms with van der Waals surface area (Å²) in [6, 6.07) is 15.8. The number of allylic oxidation sites excluding steroid dienone is 1. The van der Waals surface area contributed by atoms with Gasteiger partial charge >= 0.3 is 0 Å². The van der Waals surface area contributed by atoms with E-state index in [0.29, 0.717) is 24.2 Å². The summed E-state index contributed by atoms with van der Waals surface area (Å²) in [5.41, 5.74) is 2.51. The molecular weight excluding hydrogens is 518 g/mol. The van der Waals surface area contributed by atoms with Crippen LogP contribution in [0.15, 0.2) is 64.3 Å². The average Bonchev–Trinajstić information content (AvgIpc) is 3.59. The Hall–Kier alpha value is -4.58. The van der Waals surface area contributed by atoms with Crippen LogP contribution < -0.4 is 10.6 Å². The molecule has 2 amide bonds. The summed E-state index contributed by atoms with van der Waals surface area (Å²) in [4.78, 5) is 43.6. The summed E-state index contributed by atoms with van der Waals surface area (Å²) in [6.45, 7) is 5.74. The van der Waals surface area contributed by atoms with Crippen LogP contribution in [0.4, 0.5) is 5.69 Å². The van der Waals surface area contributed by atoms with Crippen LogP contribution in [0.3, 0.4) is 0 Å². The van der Waals surface area contributed by atoms with Crippen molar-refractivity contribution in [3.63, 3.8) is 0 Å². The van der Waals surface area contributed by atoms with Gasteiger partial charge in [0.05, 0.1) is 6.54 Å². The van der Waals surface area contributed by atoms with Gasteiger partial charge < -0.3 is 24.9 Å². The van der Waals surface area contributed by atoms with Gasteiger partial charge in [0, 0.05) is 36.3 Å². The van der Waals surface area contributed by atoms with E-state index in [1.807, 2.05) is 43.0 Å². The molecule has 212 valence electrons. The van der Waals surface area contributed by atoms with Crippen molar-refractivity contribution in [2.75, 3.05) is 31.5 Å². The lowest BCUT2D eigenvalue weighted by molar-refractivity contribution is -0.140. The molecule has 0 radical (unpaired) electrons. The minimum Gasteiger partial charge on any atom is -0.461 e. The maximum atomic E-state index is 13.7. The van der Waals surface area contributed by atoms with Crippen LogP contribution in [0.1, 0.15) is 53.8 Å². The van der Waals surface area contributed by atoms with Gasteiger partial charge in [0.25, 0.3) is 0 Å². The van der Waals surface area contributed by atoms with Crippen LogP contribution in [0, 0.1) is 25.2 Å². The molecular formula is C32H35N5O4. The molecule has 2 N–H and O–H groups in total. The topological polar surface area (TPSA) is 119 Å². The Morgan fingerprint density at radius 3 is 2.56 bits per heavy atom. The summed E-state index contributed by atoms with van der Waals surface area (Å²) in [7, 11) is 0. The van der Waals surface area contributed by atoms with E-state index in [2.05, 4.69) is 16.7 Å². The van der Waals surface area contributed by atoms with Crippen molar-refractivity contribution in [2.45, 2.75) is 52.0 Å². The number of hydrogen-bond donors (Lipinski definition) is 2. The van der Waals surface area contributed by atoms with Crippen LogP contribution in [-0.2, 0) is 9.59 Å². The van der Waals surface area contributed by atoms with Gasteiger partial charge in [0.15, 0.2) is 0 Å².